The van der Waals surface area contributed by atoms with Crippen LogP contribution in [-0.4, -0.2) is 41.1 Å². The van der Waals surface area contributed by atoms with Gasteiger partial charge in [-0.25, -0.2) is 0 Å². The standard InChI is InChI=1S/C14H16F3NO3/c1-10-2-4-11(5-3-10)6-7-12(19)18(8-13(20)21)9-14(15,16)17/h2-5H,6-9H2,1H3,(H,20,21). The molecule has 1 N–H and O–H groups in total. The van der Waals surface area contributed by atoms with Crippen molar-refractivity contribution in [3.8, 4) is 0 Å². The quantitative estimate of drug-likeness (QED) is 0.878. The van der Waals surface area contributed by atoms with Crippen molar-refractivity contribution in [2.75, 3.05) is 13.1 Å². The molecule has 0 aromatic heterocycles. The van der Waals surface area contributed by atoms with Crippen LogP contribution in [0.5, 0.6) is 0 Å². The molecule has 0 saturated heterocycles. The average Bonchev–Trinajstić information content (AvgIpc) is 2.34. The van der Waals surface area contributed by atoms with Crippen LogP contribution in [-0.2, 0) is 16.0 Å². The third kappa shape index (κ3) is 6.78. The van der Waals surface area contributed by atoms with E-state index in [1.807, 2.05) is 19.1 Å². The molecule has 0 radical (unpaired) electrons. The Hall–Kier alpha value is -2.05. The summed E-state index contributed by atoms with van der Waals surface area (Å²) in [6.45, 7) is -0.606. The van der Waals surface area contributed by atoms with E-state index >= 15 is 0 Å². The first-order valence-electron chi connectivity index (χ1n) is 6.29. The van der Waals surface area contributed by atoms with Gasteiger partial charge in [-0.1, -0.05) is 29.8 Å². The number of carbonyl (C=O) groups is 2. The highest BCUT2D eigenvalue weighted by molar-refractivity contribution is 5.81. The van der Waals surface area contributed by atoms with Crippen molar-refractivity contribution in [3.63, 3.8) is 0 Å². The maximum Gasteiger partial charge on any atom is 0.406 e. The lowest BCUT2D eigenvalue weighted by atomic mass is 10.1. The zero-order valence-corrected chi connectivity index (χ0v) is 11.5. The van der Waals surface area contributed by atoms with Crippen molar-refractivity contribution >= 4 is 11.9 Å². The fourth-order valence-electron chi connectivity index (χ4n) is 1.78. The molecule has 1 aromatic carbocycles. The van der Waals surface area contributed by atoms with Gasteiger partial charge in [0.15, 0.2) is 0 Å². The van der Waals surface area contributed by atoms with Crippen molar-refractivity contribution in [2.24, 2.45) is 0 Å². The maximum atomic E-state index is 12.3. The Bertz CT molecular complexity index is 497. The zero-order chi connectivity index (χ0) is 16.0. The second kappa shape index (κ2) is 7.10. The third-order valence-electron chi connectivity index (χ3n) is 2.80. The number of carboxylic acids is 1. The van der Waals surface area contributed by atoms with E-state index in [9.17, 15) is 22.8 Å². The van der Waals surface area contributed by atoms with Crippen LogP contribution in [0.1, 0.15) is 17.5 Å². The highest BCUT2D eigenvalue weighted by atomic mass is 19.4. The second-order valence-electron chi connectivity index (χ2n) is 4.74. The molecule has 1 aromatic rings. The Labute approximate surface area is 120 Å². The summed E-state index contributed by atoms with van der Waals surface area (Å²) in [4.78, 5) is 22.6. The van der Waals surface area contributed by atoms with E-state index in [4.69, 9.17) is 5.11 Å². The molecule has 7 heteroatoms. The van der Waals surface area contributed by atoms with E-state index in [-0.39, 0.29) is 12.8 Å². The lowest BCUT2D eigenvalue weighted by Gasteiger charge is -2.22. The number of hydrogen-bond acceptors (Lipinski definition) is 2. The van der Waals surface area contributed by atoms with Crippen molar-refractivity contribution in [1.82, 2.24) is 4.90 Å². The van der Waals surface area contributed by atoms with Gasteiger partial charge in [-0.05, 0) is 18.9 Å². The molecule has 0 heterocycles. The minimum Gasteiger partial charge on any atom is -0.480 e. The summed E-state index contributed by atoms with van der Waals surface area (Å²) in [5, 5.41) is 8.58. The molecule has 0 aliphatic carbocycles. The topological polar surface area (TPSA) is 57.6 Å². The highest BCUT2D eigenvalue weighted by Crippen LogP contribution is 2.17. The lowest BCUT2D eigenvalue weighted by Crippen LogP contribution is -2.42. The van der Waals surface area contributed by atoms with Gasteiger partial charge in [0.05, 0.1) is 0 Å². The minimum absolute atomic E-state index is 0.160. The van der Waals surface area contributed by atoms with Crippen LogP contribution in [0.2, 0.25) is 0 Å². The van der Waals surface area contributed by atoms with Gasteiger partial charge in [0, 0.05) is 6.42 Å². The van der Waals surface area contributed by atoms with Crippen molar-refractivity contribution in [3.05, 3.63) is 35.4 Å². The summed E-state index contributed by atoms with van der Waals surface area (Å²) >= 11 is 0. The largest absolute Gasteiger partial charge is 0.480 e. The third-order valence-corrected chi connectivity index (χ3v) is 2.80. The molecule has 21 heavy (non-hydrogen) atoms. The van der Waals surface area contributed by atoms with Gasteiger partial charge < -0.3 is 10.0 Å². The Kier molecular flexibility index (Phi) is 5.75. The predicted octanol–water partition coefficient (Wildman–Crippen LogP) is 2.40. The first kappa shape index (κ1) is 17.0. The van der Waals surface area contributed by atoms with E-state index in [0.717, 1.165) is 11.1 Å². The Morgan fingerprint density at radius 1 is 1.19 bits per heavy atom. The highest BCUT2D eigenvalue weighted by Gasteiger charge is 2.33. The maximum absolute atomic E-state index is 12.3. The normalized spacial score (nSPS) is 11.2. The first-order valence-corrected chi connectivity index (χ1v) is 6.29. The van der Waals surface area contributed by atoms with E-state index < -0.39 is 31.1 Å². The summed E-state index contributed by atoms with van der Waals surface area (Å²) in [6.07, 6.45) is -4.51. The Balaban J connectivity index is 2.63. The fraction of sp³-hybridized carbons (Fsp3) is 0.429. The van der Waals surface area contributed by atoms with Gasteiger partial charge in [0.25, 0.3) is 0 Å². The van der Waals surface area contributed by atoms with Gasteiger partial charge in [-0.15, -0.1) is 0 Å². The Morgan fingerprint density at radius 2 is 1.76 bits per heavy atom. The summed E-state index contributed by atoms with van der Waals surface area (Å²) in [5.74, 6) is -2.29. The summed E-state index contributed by atoms with van der Waals surface area (Å²) < 4.78 is 37.0. The van der Waals surface area contributed by atoms with Crippen molar-refractivity contribution in [1.29, 1.82) is 0 Å². The van der Waals surface area contributed by atoms with Crippen molar-refractivity contribution in [2.45, 2.75) is 25.9 Å². The molecule has 0 spiro atoms. The van der Waals surface area contributed by atoms with Gasteiger partial charge in [0.2, 0.25) is 5.91 Å². The monoisotopic (exact) mass is 303 g/mol. The van der Waals surface area contributed by atoms with Gasteiger partial charge in [-0.2, -0.15) is 13.2 Å². The molecular formula is C14H16F3NO3. The SMILES string of the molecule is Cc1ccc(CCC(=O)N(CC(=O)O)CC(F)(F)F)cc1. The van der Waals surface area contributed by atoms with E-state index in [1.165, 1.54) is 0 Å². The summed E-state index contributed by atoms with van der Waals surface area (Å²) in [6, 6.07) is 7.25. The molecule has 0 unspecified atom stereocenters. The van der Waals surface area contributed by atoms with Gasteiger partial charge in [-0.3, -0.25) is 9.59 Å². The van der Waals surface area contributed by atoms with E-state index in [0.29, 0.717) is 4.90 Å². The van der Waals surface area contributed by atoms with Crippen LogP contribution >= 0.6 is 0 Å². The Morgan fingerprint density at radius 3 is 2.24 bits per heavy atom. The van der Waals surface area contributed by atoms with E-state index in [2.05, 4.69) is 0 Å². The number of rotatable bonds is 6. The molecule has 1 rings (SSSR count). The number of carbonyl (C=O) groups excluding carboxylic acids is 1. The molecule has 0 aliphatic rings. The van der Waals surface area contributed by atoms with Gasteiger partial charge in [0.1, 0.15) is 13.1 Å². The van der Waals surface area contributed by atoms with Crippen LogP contribution < -0.4 is 0 Å². The predicted molar refractivity (Wildman–Crippen MR) is 69.8 cm³/mol. The molecule has 0 atom stereocenters. The summed E-state index contributed by atoms with van der Waals surface area (Å²) in [5.41, 5.74) is 1.85. The molecule has 4 nitrogen and oxygen atoms in total. The lowest BCUT2D eigenvalue weighted by molar-refractivity contribution is -0.165. The minimum atomic E-state index is -4.62. The number of alkyl halides is 3. The van der Waals surface area contributed by atoms with Gasteiger partial charge >= 0.3 is 12.1 Å². The van der Waals surface area contributed by atoms with Crippen LogP contribution in [0.3, 0.4) is 0 Å². The average molecular weight is 303 g/mol. The molecule has 0 saturated carbocycles. The number of carboxylic acid groups (broad SMARTS) is 1. The number of benzene rings is 1. The first-order chi connectivity index (χ1) is 9.67. The number of amides is 1. The fourth-order valence-corrected chi connectivity index (χ4v) is 1.78. The molecule has 116 valence electrons. The zero-order valence-electron chi connectivity index (χ0n) is 11.5. The number of halogens is 3. The van der Waals surface area contributed by atoms with Crippen LogP contribution in [0, 0.1) is 6.92 Å². The van der Waals surface area contributed by atoms with Crippen LogP contribution in [0.4, 0.5) is 13.2 Å². The molecule has 0 aliphatic heterocycles. The van der Waals surface area contributed by atoms with Crippen LogP contribution in [0.25, 0.3) is 0 Å². The molecule has 0 fully saturated rings. The number of hydrogen-bond donors (Lipinski definition) is 1. The number of nitrogens with zero attached hydrogens (tertiary/aromatic N) is 1. The van der Waals surface area contributed by atoms with Crippen molar-refractivity contribution < 1.29 is 27.9 Å². The number of aliphatic carboxylic acids is 1. The second-order valence-corrected chi connectivity index (χ2v) is 4.74. The molecule has 0 bridgehead atoms. The number of aryl methyl sites for hydroxylation is 2. The van der Waals surface area contributed by atoms with Crippen LogP contribution in [0.15, 0.2) is 24.3 Å². The smallest absolute Gasteiger partial charge is 0.406 e. The summed E-state index contributed by atoms with van der Waals surface area (Å²) in [7, 11) is 0. The molecular weight excluding hydrogens is 287 g/mol. The molecule has 1 amide bonds. The van der Waals surface area contributed by atoms with E-state index in [1.54, 1.807) is 12.1 Å².